The molecule has 4 nitrogen and oxygen atoms in total. The van der Waals surface area contributed by atoms with Gasteiger partial charge in [0, 0.05) is 22.9 Å². The Hall–Kier alpha value is -3.39. The van der Waals surface area contributed by atoms with E-state index in [1.165, 1.54) is 18.2 Å². The van der Waals surface area contributed by atoms with E-state index in [4.69, 9.17) is 4.74 Å². The van der Waals surface area contributed by atoms with Gasteiger partial charge in [-0.15, -0.1) is 0 Å². The van der Waals surface area contributed by atoms with Crippen LogP contribution in [0.15, 0.2) is 59.4 Å². The molecule has 0 spiro atoms. The van der Waals surface area contributed by atoms with Crippen molar-refractivity contribution in [2.45, 2.75) is 6.92 Å². The Morgan fingerprint density at radius 1 is 1.08 bits per heavy atom. The van der Waals surface area contributed by atoms with Crippen LogP contribution in [0.25, 0.3) is 11.1 Å². The average Bonchev–Trinajstić information content (AvgIpc) is 2.55. The summed E-state index contributed by atoms with van der Waals surface area (Å²) in [6, 6.07) is 16.5. The van der Waals surface area contributed by atoms with Crippen LogP contribution in [0, 0.1) is 24.1 Å². The molecule has 3 aromatic rings. The van der Waals surface area contributed by atoms with Crippen molar-refractivity contribution in [1.82, 2.24) is 4.98 Å². The quantitative estimate of drug-likeness (QED) is 0.788. The van der Waals surface area contributed by atoms with E-state index in [1.54, 1.807) is 37.3 Å². The molecule has 0 radical (unpaired) electrons. The second-order valence-corrected chi connectivity index (χ2v) is 5.24. The highest BCUT2D eigenvalue weighted by Gasteiger charge is 2.16. The molecule has 0 amide bonds. The van der Waals surface area contributed by atoms with E-state index in [0.717, 1.165) is 0 Å². The van der Waals surface area contributed by atoms with E-state index < -0.39 is 11.4 Å². The van der Waals surface area contributed by atoms with Gasteiger partial charge in [-0.25, -0.2) is 4.39 Å². The first-order valence-corrected chi connectivity index (χ1v) is 7.25. The number of H-pyrrole nitrogens is 1. The van der Waals surface area contributed by atoms with Gasteiger partial charge in [0.05, 0.1) is 0 Å². The number of rotatable bonds is 3. The van der Waals surface area contributed by atoms with E-state index in [1.807, 2.05) is 12.1 Å². The predicted molar refractivity (Wildman–Crippen MR) is 88.4 cm³/mol. The highest BCUT2D eigenvalue weighted by atomic mass is 19.1. The van der Waals surface area contributed by atoms with Crippen LogP contribution in [0.3, 0.4) is 0 Å². The summed E-state index contributed by atoms with van der Waals surface area (Å²) in [5.41, 5.74) is 0.965. The van der Waals surface area contributed by atoms with Crippen molar-refractivity contribution in [1.29, 1.82) is 5.26 Å². The second kappa shape index (κ2) is 6.39. The molecule has 0 unspecified atom stereocenters. The Kier molecular flexibility index (Phi) is 4.13. The van der Waals surface area contributed by atoms with Crippen LogP contribution < -0.4 is 10.3 Å². The third-order valence-electron chi connectivity index (χ3n) is 3.48. The zero-order valence-electron chi connectivity index (χ0n) is 12.8. The molecular formula is C19H13FN2O2. The molecule has 0 fully saturated rings. The van der Waals surface area contributed by atoms with Crippen LogP contribution >= 0.6 is 0 Å². The molecule has 1 heterocycles. The van der Waals surface area contributed by atoms with E-state index in [2.05, 4.69) is 4.98 Å². The molecule has 0 aliphatic carbocycles. The number of aromatic amines is 1. The standard InChI is InChI=1S/C19H13FN2O2/c1-12-9-16(17(11-21)19(23)22-12)15-8-7-13(20)10-18(15)24-14-5-3-2-4-6-14/h2-10H,1H3,(H,22,23). The lowest BCUT2D eigenvalue weighted by Gasteiger charge is -2.13. The summed E-state index contributed by atoms with van der Waals surface area (Å²) in [4.78, 5) is 14.6. The highest BCUT2D eigenvalue weighted by molar-refractivity contribution is 5.76. The highest BCUT2D eigenvalue weighted by Crippen LogP contribution is 2.35. The van der Waals surface area contributed by atoms with E-state index in [0.29, 0.717) is 22.6 Å². The van der Waals surface area contributed by atoms with Crippen molar-refractivity contribution in [2.24, 2.45) is 0 Å². The fraction of sp³-hybridized carbons (Fsp3) is 0.0526. The molecule has 0 aliphatic heterocycles. The van der Waals surface area contributed by atoms with E-state index in [-0.39, 0.29) is 11.3 Å². The lowest BCUT2D eigenvalue weighted by atomic mass is 10.00. The summed E-state index contributed by atoms with van der Waals surface area (Å²) < 4.78 is 19.5. The Morgan fingerprint density at radius 3 is 2.54 bits per heavy atom. The van der Waals surface area contributed by atoms with Crippen LogP contribution in [0.5, 0.6) is 11.5 Å². The molecule has 0 atom stereocenters. The van der Waals surface area contributed by atoms with Crippen LogP contribution in [-0.4, -0.2) is 4.98 Å². The van der Waals surface area contributed by atoms with Crippen LogP contribution in [0.2, 0.25) is 0 Å². The van der Waals surface area contributed by atoms with Crippen molar-refractivity contribution in [3.8, 4) is 28.7 Å². The second-order valence-electron chi connectivity index (χ2n) is 5.24. The van der Waals surface area contributed by atoms with Crippen LogP contribution in [0.1, 0.15) is 11.3 Å². The lowest BCUT2D eigenvalue weighted by Crippen LogP contribution is -2.13. The van der Waals surface area contributed by atoms with Crippen LogP contribution in [-0.2, 0) is 0 Å². The summed E-state index contributed by atoms with van der Waals surface area (Å²) in [7, 11) is 0. The van der Waals surface area contributed by atoms with Crippen molar-refractivity contribution in [3.63, 3.8) is 0 Å². The molecule has 118 valence electrons. The lowest BCUT2D eigenvalue weighted by molar-refractivity contribution is 0.478. The predicted octanol–water partition coefficient (Wildman–Crippen LogP) is 4.15. The monoisotopic (exact) mass is 320 g/mol. The summed E-state index contributed by atoms with van der Waals surface area (Å²) in [6.07, 6.45) is 0. The maximum Gasteiger partial charge on any atom is 0.266 e. The Morgan fingerprint density at radius 2 is 1.83 bits per heavy atom. The normalized spacial score (nSPS) is 10.2. The number of para-hydroxylation sites is 1. The molecule has 5 heteroatoms. The smallest absolute Gasteiger partial charge is 0.266 e. The molecule has 0 bridgehead atoms. The fourth-order valence-electron chi connectivity index (χ4n) is 2.43. The number of nitriles is 1. The first kappa shape index (κ1) is 15.5. The third kappa shape index (κ3) is 3.03. The van der Waals surface area contributed by atoms with Gasteiger partial charge in [0.1, 0.15) is 28.9 Å². The molecule has 0 aliphatic rings. The number of aryl methyl sites for hydroxylation is 1. The first-order valence-electron chi connectivity index (χ1n) is 7.25. The number of nitrogens with zero attached hydrogens (tertiary/aromatic N) is 1. The van der Waals surface area contributed by atoms with Gasteiger partial charge in [-0.05, 0) is 37.3 Å². The number of benzene rings is 2. The first-order chi connectivity index (χ1) is 11.6. The van der Waals surface area contributed by atoms with Crippen molar-refractivity contribution >= 4 is 0 Å². The zero-order valence-corrected chi connectivity index (χ0v) is 12.8. The Labute approximate surface area is 137 Å². The van der Waals surface area contributed by atoms with Gasteiger partial charge in [0.15, 0.2) is 0 Å². The number of nitrogens with one attached hydrogen (secondary N) is 1. The number of halogens is 1. The number of hydrogen-bond donors (Lipinski definition) is 1. The minimum absolute atomic E-state index is 0.0369. The molecule has 2 aromatic carbocycles. The number of hydrogen-bond acceptors (Lipinski definition) is 3. The average molecular weight is 320 g/mol. The van der Waals surface area contributed by atoms with Gasteiger partial charge in [-0.3, -0.25) is 4.79 Å². The van der Waals surface area contributed by atoms with Crippen molar-refractivity contribution < 1.29 is 9.13 Å². The summed E-state index contributed by atoms with van der Waals surface area (Å²) in [5.74, 6) is 0.303. The minimum atomic E-state index is -0.484. The maximum atomic E-state index is 13.7. The molecular weight excluding hydrogens is 307 g/mol. The minimum Gasteiger partial charge on any atom is -0.457 e. The molecule has 1 N–H and O–H groups in total. The summed E-state index contributed by atoms with van der Waals surface area (Å²) in [5, 5.41) is 9.30. The fourth-order valence-corrected chi connectivity index (χ4v) is 2.43. The Bertz CT molecular complexity index is 988. The largest absolute Gasteiger partial charge is 0.457 e. The van der Waals surface area contributed by atoms with Gasteiger partial charge in [0.2, 0.25) is 0 Å². The molecule has 0 saturated heterocycles. The summed E-state index contributed by atoms with van der Waals surface area (Å²) >= 11 is 0. The molecule has 24 heavy (non-hydrogen) atoms. The molecule has 3 rings (SSSR count). The van der Waals surface area contributed by atoms with Gasteiger partial charge in [0.25, 0.3) is 5.56 Å². The number of pyridine rings is 1. The van der Waals surface area contributed by atoms with Gasteiger partial charge < -0.3 is 9.72 Å². The summed E-state index contributed by atoms with van der Waals surface area (Å²) in [6.45, 7) is 1.72. The number of aromatic nitrogens is 1. The van der Waals surface area contributed by atoms with Crippen LogP contribution in [0.4, 0.5) is 4.39 Å². The SMILES string of the molecule is Cc1cc(-c2ccc(F)cc2Oc2ccccc2)c(C#N)c(=O)[nH]1. The zero-order chi connectivity index (χ0) is 17.1. The molecule has 1 aromatic heterocycles. The molecule has 0 saturated carbocycles. The van der Waals surface area contributed by atoms with Gasteiger partial charge in [-0.2, -0.15) is 5.26 Å². The van der Waals surface area contributed by atoms with Crippen molar-refractivity contribution in [2.75, 3.05) is 0 Å². The Balaban J connectivity index is 2.20. The number of ether oxygens (including phenoxy) is 1. The van der Waals surface area contributed by atoms with Gasteiger partial charge >= 0.3 is 0 Å². The van der Waals surface area contributed by atoms with E-state index >= 15 is 0 Å². The topological polar surface area (TPSA) is 65.9 Å². The van der Waals surface area contributed by atoms with Gasteiger partial charge in [-0.1, -0.05) is 18.2 Å². The van der Waals surface area contributed by atoms with Crippen molar-refractivity contribution in [3.05, 3.63) is 82.0 Å². The maximum absolute atomic E-state index is 13.7. The third-order valence-corrected chi connectivity index (χ3v) is 3.48. The van der Waals surface area contributed by atoms with E-state index in [9.17, 15) is 14.4 Å².